The van der Waals surface area contributed by atoms with Gasteiger partial charge in [0, 0.05) is 20.7 Å². The van der Waals surface area contributed by atoms with Crippen molar-refractivity contribution in [2.24, 2.45) is 0 Å². The zero-order valence-corrected chi connectivity index (χ0v) is 22.1. The molecule has 0 aromatic heterocycles. The molecule has 0 aliphatic carbocycles. The van der Waals surface area contributed by atoms with Gasteiger partial charge in [-0.2, -0.15) is 0 Å². The Labute approximate surface area is 226 Å². The van der Waals surface area contributed by atoms with Crippen molar-refractivity contribution < 1.29 is 23.9 Å². The van der Waals surface area contributed by atoms with Gasteiger partial charge in [0.05, 0.1) is 5.69 Å². The molecule has 0 unspecified atom stereocenters. The number of rotatable bonds is 6. The van der Waals surface area contributed by atoms with Gasteiger partial charge in [0.2, 0.25) is 0 Å². The molecule has 1 fully saturated rings. The summed E-state index contributed by atoms with van der Waals surface area (Å²) in [5, 5.41) is 5.42. The molecule has 1 aliphatic rings. The fraction of sp³-hybridized carbons (Fsp3) is 0.111. The Morgan fingerprint density at radius 3 is 2.51 bits per heavy atom. The number of hydrogen-bond acceptors (Lipinski definition) is 5. The van der Waals surface area contributed by atoms with Gasteiger partial charge in [-0.1, -0.05) is 39.7 Å². The third-order valence-corrected chi connectivity index (χ3v) is 6.23. The van der Waals surface area contributed by atoms with Crippen LogP contribution >= 0.6 is 27.5 Å². The smallest absolute Gasteiger partial charge is 0.335 e. The second-order valence-corrected chi connectivity index (χ2v) is 9.62. The summed E-state index contributed by atoms with van der Waals surface area (Å²) >= 11 is 9.28. The first-order chi connectivity index (χ1) is 17.6. The predicted octanol–water partition coefficient (Wildman–Crippen LogP) is 5.40. The number of hydrogen-bond donors (Lipinski definition) is 2. The number of ether oxygens (including phenoxy) is 1. The third kappa shape index (κ3) is 6.07. The molecular formula is C27H21BrClN3O5. The Bertz CT molecular complexity index is 1450. The Balaban J connectivity index is 1.58. The van der Waals surface area contributed by atoms with E-state index in [-0.39, 0.29) is 29.5 Å². The van der Waals surface area contributed by atoms with Gasteiger partial charge >= 0.3 is 6.03 Å². The van der Waals surface area contributed by atoms with Crippen molar-refractivity contribution >= 4 is 68.7 Å². The molecule has 3 aromatic rings. The number of benzene rings is 3. The van der Waals surface area contributed by atoms with Crippen LogP contribution in [0, 0.1) is 13.8 Å². The first-order valence-corrected chi connectivity index (χ1v) is 12.3. The summed E-state index contributed by atoms with van der Waals surface area (Å²) in [4.78, 5) is 51.6. The minimum atomic E-state index is -0.872. The number of barbiturate groups is 1. The van der Waals surface area contributed by atoms with Crippen LogP contribution in [0.5, 0.6) is 5.75 Å². The van der Waals surface area contributed by atoms with Crippen LogP contribution in [-0.4, -0.2) is 30.4 Å². The van der Waals surface area contributed by atoms with E-state index in [1.54, 1.807) is 18.2 Å². The Hall–Kier alpha value is -3.95. The second-order valence-electron chi connectivity index (χ2n) is 8.27. The van der Waals surface area contributed by atoms with Gasteiger partial charge in [-0.05, 0) is 79.6 Å². The summed E-state index contributed by atoms with van der Waals surface area (Å²) in [7, 11) is 0. The molecule has 5 amide bonds. The molecule has 1 heterocycles. The summed E-state index contributed by atoms with van der Waals surface area (Å²) in [5.74, 6) is -1.77. The van der Waals surface area contributed by atoms with Gasteiger partial charge < -0.3 is 10.1 Å². The van der Waals surface area contributed by atoms with Crippen molar-refractivity contribution in [3.05, 3.63) is 92.4 Å². The summed E-state index contributed by atoms with van der Waals surface area (Å²) in [5.41, 5.74) is 2.93. The van der Waals surface area contributed by atoms with Gasteiger partial charge in [0.15, 0.2) is 6.61 Å². The van der Waals surface area contributed by atoms with Crippen molar-refractivity contribution in [2.45, 2.75) is 13.8 Å². The standard InChI is InChI=1S/C27H21BrClN3O5/c1-15-3-4-16(2)22(11-15)30-24(33)14-37-23-10-5-18(28)12-17(23)13-21-25(34)31-27(36)32(26(21)35)20-8-6-19(29)7-9-20/h3-13H,14H2,1-2H3,(H,30,33)(H,31,34,36)/b21-13-. The number of amides is 5. The van der Waals surface area contributed by atoms with Crippen LogP contribution in [0.2, 0.25) is 5.02 Å². The first-order valence-electron chi connectivity index (χ1n) is 11.1. The van der Waals surface area contributed by atoms with Crippen LogP contribution in [0.3, 0.4) is 0 Å². The average Bonchev–Trinajstić information content (AvgIpc) is 2.84. The third-order valence-electron chi connectivity index (χ3n) is 5.48. The number of carbonyl (C=O) groups is 4. The van der Waals surface area contributed by atoms with Crippen LogP contribution in [-0.2, 0) is 14.4 Å². The summed E-state index contributed by atoms with van der Waals surface area (Å²) in [6, 6.07) is 15.8. The Kier molecular flexibility index (Phi) is 7.75. The van der Waals surface area contributed by atoms with Gasteiger partial charge in [-0.25, -0.2) is 9.69 Å². The zero-order valence-electron chi connectivity index (χ0n) is 19.8. The van der Waals surface area contributed by atoms with Crippen LogP contribution < -0.4 is 20.3 Å². The van der Waals surface area contributed by atoms with Gasteiger partial charge in [-0.15, -0.1) is 0 Å². The summed E-state index contributed by atoms with van der Waals surface area (Å²) in [6.07, 6.45) is 1.32. The van der Waals surface area contributed by atoms with E-state index >= 15 is 0 Å². The molecule has 0 saturated carbocycles. The number of aryl methyl sites for hydroxylation is 2. The van der Waals surface area contributed by atoms with Crippen molar-refractivity contribution in [1.29, 1.82) is 0 Å². The molecule has 188 valence electrons. The second kappa shape index (κ2) is 11.0. The van der Waals surface area contributed by atoms with E-state index in [0.717, 1.165) is 16.0 Å². The van der Waals surface area contributed by atoms with Crippen LogP contribution in [0.15, 0.2) is 70.7 Å². The molecule has 4 rings (SSSR count). The number of halogens is 2. The first kappa shape index (κ1) is 26.1. The van der Waals surface area contributed by atoms with E-state index in [0.29, 0.717) is 20.7 Å². The zero-order chi connectivity index (χ0) is 26.7. The molecule has 3 aromatic carbocycles. The number of carbonyl (C=O) groups excluding carboxylic acids is 4. The molecule has 37 heavy (non-hydrogen) atoms. The molecule has 0 spiro atoms. The Morgan fingerprint density at radius 1 is 1.05 bits per heavy atom. The maximum atomic E-state index is 13.2. The summed E-state index contributed by atoms with van der Waals surface area (Å²) < 4.78 is 6.39. The molecule has 8 nitrogen and oxygen atoms in total. The number of urea groups is 1. The van der Waals surface area contributed by atoms with Gasteiger partial charge in [0.25, 0.3) is 17.7 Å². The molecule has 1 aliphatic heterocycles. The predicted molar refractivity (Wildman–Crippen MR) is 145 cm³/mol. The number of nitrogens with one attached hydrogen (secondary N) is 2. The van der Waals surface area contributed by atoms with E-state index in [9.17, 15) is 19.2 Å². The van der Waals surface area contributed by atoms with E-state index in [4.69, 9.17) is 16.3 Å². The fourth-order valence-electron chi connectivity index (χ4n) is 3.60. The molecule has 0 radical (unpaired) electrons. The maximum Gasteiger partial charge on any atom is 0.335 e. The van der Waals surface area contributed by atoms with E-state index < -0.39 is 17.8 Å². The highest BCUT2D eigenvalue weighted by Gasteiger charge is 2.37. The number of nitrogens with zero attached hydrogens (tertiary/aromatic N) is 1. The van der Waals surface area contributed by atoms with Crippen LogP contribution in [0.1, 0.15) is 16.7 Å². The highest BCUT2D eigenvalue weighted by Crippen LogP contribution is 2.28. The van der Waals surface area contributed by atoms with Crippen LogP contribution in [0.4, 0.5) is 16.2 Å². The molecule has 0 bridgehead atoms. The topological polar surface area (TPSA) is 105 Å². The fourth-order valence-corrected chi connectivity index (χ4v) is 4.11. The highest BCUT2D eigenvalue weighted by atomic mass is 79.9. The maximum absolute atomic E-state index is 13.2. The lowest BCUT2D eigenvalue weighted by Gasteiger charge is -2.26. The lowest BCUT2D eigenvalue weighted by molar-refractivity contribution is -0.122. The van der Waals surface area contributed by atoms with Gasteiger partial charge in [0.1, 0.15) is 11.3 Å². The van der Waals surface area contributed by atoms with Gasteiger partial charge in [-0.3, -0.25) is 19.7 Å². The van der Waals surface area contributed by atoms with Crippen molar-refractivity contribution in [1.82, 2.24) is 5.32 Å². The minimum Gasteiger partial charge on any atom is -0.483 e. The summed E-state index contributed by atoms with van der Waals surface area (Å²) in [6.45, 7) is 3.51. The Morgan fingerprint density at radius 2 is 1.78 bits per heavy atom. The molecule has 0 atom stereocenters. The van der Waals surface area contributed by atoms with Crippen molar-refractivity contribution in [2.75, 3.05) is 16.8 Å². The lowest BCUT2D eigenvalue weighted by Crippen LogP contribution is -2.54. The molecule has 10 heteroatoms. The normalized spacial score (nSPS) is 14.5. The van der Waals surface area contributed by atoms with E-state index in [2.05, 4.69) is 26.6 Å². The van der Waals surface area contributed by atoms with Crippen molar-refractivity contribution in [3.8, 4) is 5.75 Å². The van der Waals surface area contributed by atoms with E-state index in [1.807, 2.05) is 32.0 Å². The monoisotopic (exact) mass is 581 g/mol. The van der Waals surface area contributed by atoms with E-state index in [1.165, 1.54) is 30.3 Å². The molecule has 1 saturated heterocycles. The molecule has 2 N–H and O–H groups in total. The number of imide groups is 2. The molecular weight excluding hydrogens is 562 g/mol. The average molecular weight is 583 g/mol. The quantitative estimate of drug-likeness (QED) is 0.299. The minimum absolute atomic E-state index is 0.249. The highest BCUT2D eigenvalue weighted by molar-refractivity contribution is 9.10. The largest absolute Gasteiger partial charge is 0.483 e. The van der Waals surface area contributed by atoms with Crippen molar-refractivity contribution in [3.63, 3.8) is 0 Å². The lowest BCUT2D eigenvalue weighted by atomic mass is 10.1. The number of anilines is 2. The van der Waals surface area contributed by atoms with Crippen LogP contribution in [0.25, 0.3) is 6.08 Å². The SMILES string of the molecule is Cc1ccc(C)c(NC(=O)COc2ccc(Br)cc2/C=C2/C(=O)NC(=O)N(c3ccc(Cl)cc3)C2=O)c1.